The summed E-state index contributed by atoms with van der Waals surface area (Å²) >= 11 is 0. The molecule has 0 aromatic heterocycles. The van der Waals surface area contributed by atoms with Crippen molar-refractivity contribution >= 4 is 7.69 Å². The molecule has 4 heteroatoms. The molecule has 1 rings (SSSR count). The molecule has 0 fully saturated rings. The van der Waals surface area contributed by atoms with Crippen molar-refractivity contribution in [2.75, 3.05) is 6.61 Å². The zero-order valence-electron chi connectivity index (χ0n) is 7.80. The largest absolute Gasteiger partial charge is 0.569 e. The number of ether oxygens (including phenoxy) is 1. The zero-order chi connectivity index (χ0) is 10.1. The van der Waals surface area contributed by atoms with Crippen LogP contribution >= 0.6 is 0 Å². The summed E-state index contributed by atoms with van der Waals surface area (Å²) in [6.07, 6.45) is 3.52. The van der Waals surface area contributed by atoms with Crippen molar-refractivity contribution in [2.45, 2.75) is 6.42 Å². The maximum atomic E-state index is 8.15. The van der Waals surface area contributed by atoms with Crippen molar-refractivity contribution in [3.8, 4) is 0 Å². The van der Waals surface area contributed by atoms with E-state index in [4.69, 9.17) is 9.76 Å². The fourth-order valence-corrected chi connectivity index (χ4v) is 0.996. The highest BCUT2D eigenvalue weighted by Crippen LogP contribution is 1.99. The molecule has 1 aromatic rings. The fraction of sp³-hybridized carbons (Fsp3) is 0.200. The predicted molar refractivity (Wildman–Crippen MR) is 54.3 cm³/mol. The van der Waals surface area contributed by atoms with E-state index in [1.807, 2.05) is 30.3 Å². The highest BCUT2D eigenvalue weighted by molar-refractivity contribution is 6.16. The summed E-state index contributed by atoms with van der Waals surface area (Å²) in [7, 11) is 0.594. The molecule has 0 unspecified atom stereocenters. The summed E-state index contributed by atoms with van der Waals surface area (Å²) < 4.78 is 9.51. The molecule has 0 saturated heterocycles. The van der Waals surface area contributed by atoms with Crippen LogP contribution in [0.4, 0.5) is 0 Å². The second-order valence-electron chi connectivity index (χ2n) is 2.62. The SMILES string of the molecule is O[B]O/C=C/OCCc1ccccc1. The van der Waals surface area contributed by atoms with E-state index in [2.05, 4.69) is 4.65 Å². The summed E-state index contributed by atoms with van der Waals surface area (Å²) in [5, 5.41) is 8.15. The molecule has 0 atom stereocenters. The van der Waals surface area contributed by atoms with Crippen LogP contribution < -0.4 is 0 Å². The van der Waals surface area contributed by atoms with Gasteiger partial charge in [0.15, 0.2) is 0 Å². The van der Waals surface area contributed by atoms with Gasteiger partial charge in [-0.1, -0.05) is 30.3 Å². The Balaban J connectivity index is 2.10. The normalized spacial score (nSPS) is 10.1. The lowest BCUT2D eigenvalue weighted by Crippen LogP contribution is -1.94. The Hall–Kier alpha value is -1.42. The smallest absolute Gasteiger partial charge is 0.541 e. The minimum Gasteiger partial charge on any atom is -0.541 e. The molecule has 73 valence electrons. The van der Waals surface area contributed by atoms with E-state index in [-0.39, 0.29) is 0 Å². The lowest BCUT2D eigenvalue weighted by Gasteiger charge is -2.00. The molecule has 0 heterocycles. The Bertz CT molecular complexity index is 261. The van der Waals surface area contributed by atoms with Gasteiger partial charge in [-0.15, -0.1) is 0 Å². The second kappa shape index (κ2) is 7.03. The minimum absolute atomic E-state index is 0.593. The Morgan fingerprint density at radius 1 is 1.21 bits per heavy atom. The van der Waals surface area contributed by atoms with Crippen molar-refractivity contribution in [3.63, 3.8) is 0 Å². The Labute approximate surface area is 84.3 Å². The van der Waals surface area contributed by atoms with Crippen LogP contribution in [0.15, 0.2) is 42.9 Å². The van der Waals surface area contributed by atoms with Crippen LogP contribution in [0.25, 0.3) is 0 Å². The minimum atomic E-state index is 0.593. The first-order valence-corrected chi connectivity index (χ1v) is 4.35. The van der Waals surface area contributed by atoms with Gasteiger partial charge in [-0.3, -0.25) is 0 Å². The molecule has 1 radical (unpaired) electrons. The van der Waals surface area contributed by atoms with Gasteiger partial charge in [0.1, 0.15) is 6.26 Å². The maximum Gasteiger partial charge on any atom is 0.569 e. The molecular weight excluding hydrogens is 179 g/mol. The highest BCUT2D eigenvalue weighted by atomic mass is 16.5. The van der Waals surface area contributed by atoms with Crippen LogP contribution in [0.3, 0.4) is 0 Å². The quantitative estimate of drug-likeness (QED) is 0.418. The predicted octanol–water partition coefficient (Wildman–Crippen LogP) is 1.26. The van der Waals surface area contributed by atoms with Gasteiger partial charge >= 0.3 is 7.69 Å². The van der Waals surface area contributed by atoms with E-state index in [0.717, 1.165) is 6.42 Å². The molecule has 1 aromatic carbocycles. The Morgan fingerprint density at radius 2 is 2.00 bits per heavy atom. The summed E-state index contributed by atoms with van der Waals surface area (Å²) in [5.41, 5.74) is 1.23. The summed E-state index contributed by atoms with van der Waals surface area (Å²) in [6.45, 7) is 0.593. The van der Waals surface area contributed by atoms with Crippen molar-refractivity contribution < 1.29 is 14.4 Å². The first kappa shape index (κ1) is 10.7. The molecule has 3 nitrogen and oxygen atoms in total. The molecule has 0 aliphatic carbocycles. The zero-order valence-corrected chi connectivity index (χ0v) is 7.80. The molecule has 0 aliphatic rings. The third-order valence-electron chi connectivity index (χ3n) is 1.64. The van der Waals surface area contributed by atoms with E-state index in [1.165, 1.54) is 18.1 Å². The van der Waals surface area contributed by atoms with Crippen LogP contribution in [0.1, 0.15) is 5.56 Å². The first-order chi connectivity index (χ1) is 6.93. The van der Waals surface area contributed by atoms with E-state index in [9.17, 15) is 0 Å². The van der Waals surface area contributed by atoms with Crippen LogP contribution in [0.5, 0.6) is 0 Å². The summed E-state index contributed by atoms with van der Waals surface area (Å²) in [6, 6.07) is 10.1. The number of hydrogen-bond donors (Lipinski definition) is 1. The van der Waals surface area contributed by atoms with Crippen molar-refractivity contribution in [1.82, 2.24) is 0 Å². The average molecular weight is 191 g/mol. The van der Waals surface area contributed by atoms with E-state index in [0.29, 0.717) is 14.3 Å². The highest BCUT2D eigenvalue weighted by Gasteiger charge is 1.89. The van der Waals surface area contributed by atoms with Crippen LogP contribution in [-0.2, 0) is 15.8 Å². The number of rotatable bonds is 6. The van der Waals surface area contributed by atoms with E-state index >= 15 is 0 Å². The van der Waals surface area contributed by atoms with Crippen molar-refractivity contribution in [2.24, 2.45) is 0 Å². The van der Waals surface area contributed by atoms with Gasteiger partial charge < -0.3 is 14.4 Å². The van der Waals surface area contributed by atoms with E-state index < -0.39 is 0 Å². The molecule has 0 amide bonds. The molecule has 14 heavy (non-hydrogen) atoms. The van der Waals surface area contributed by atoms with Gasteiger partial charge in [-0.25, -0.2) is 0 Å². The van der Waals surface area contributed by atoms with Crippen LogP contribution in [0.2, 0.25) is 0 Å². The summed E-state index contributed by atoms with van der Waals surface area (Å²) in [5.74, 6) is 0. The number of hydrogen-bond acceptors (Lipinski definition) is 3. The fourth-order valence-electron chi connectivity index (χ4n) is 0.996. The van der Waals surface area contributed by atoms with Crippen LogP contribution in [-0.4, -0.2) is 19.3 Å². The maximum absolute atomic E-state index is 8.15. The standard InChI is InChI=1S/C10H12BO3/c12-11-14-9-8-13-7-6-10-4-2-1-3-5-10/h1-5,8-9,12H,6-7H2/b9-8+. The Morgan fingerprint density at radius 3 is 2.71 bits per heavy atom. The Kier molecular flexibility index (Phi) is 5.36. The third kappa shape index (κ3) is 4.57. The number of benzene rings is 1. The monoisotopic (exact) mass is 191 g/mol. The van der Waals surface area contributed by atoms with Gasteiger partial charge in [0.25, 0.3) is 0 Å². The second-order valence-corrected chi connectivity index (χ2v) is 2.62. The molecule has 0 saturated carbocycles. The lowest BCUT2D eigenvalue weighted by molar-refractivity contribution is 0.242. The van der Waals surface area contributed by atoms with Gasteiger partial charge in [0, 0.05) is 6.42 Å². The van der Waals surface area contributed by atoms with Gasteiger partial charge in [-0.2, -0.15) is 0 Å². The topological polar surface area (TPSA) is 38.7 Å². The van der Waals surface area contributed by atoms with Gasteiger partial charge in [0.2, 0.25) is 0 Å². The average Bonchev–Trinajstić information content (AvgIpc) is 2.25. The van der Waals surface area contributed by atoms with E-state index in [1.54, 1.807) is 0 Å². The van der Waals surface area contributed by atoms with Crippen molar-refractivity contribution in [1.29, 1.82) is 0 Å². The lowest BCUT2D eigenvalue weighted by atomic mass is 10.2. The summed E-state index contributed by atoms with van der Waals surface area (Å²) in [4.78, 5) is 0. The van der Waals surface area contributed by atoms with Gasteiger partial charge in [0.05, 0.1) is 12.9 Å². The van der Waals surface area contributed by atoms with Crippen LogP contribution in [0, 0.1) is 0 Å². The first-order valence-electron chi connectivity index (χ1n) is 4.35. The third-order valence-corrected chi connectivity index (χ3v) is 1.64. The molecular formula is C10H12BO3. The molecule has 0 aliphatic heterocycles. The van der Waals surface area contributed by atoms with Gasteiger partial charge in [-0.05, 0) is 5.56 Å². The molecule has 0 bridgehead atoms. The molecule has 0 spiro atoms. The molecule has 1 N–H and O–H groups in total. The van der Waals surface area contributed by atoms with Crippen molar-refractivity contribution in [3.05, 3.63) is 48.4 Å².